The van der Waals surface area contributed by atoms with E-state index in [9.17, 15) is 4.79 Å². The predicted octanol–water partition coefficient (Wildman–Crippen LogP) is 6.13. The van der Waals surface area contributed by atoms with E-state index in [0.717, 1.165) is 53.1 Å². The molecule has 5 nitrogen and oxygen atoms in total. The van der Waals surface area contributed by atoms with Crippen molar-refractivity contribution in [2.24, 2.45) is 0 Å². The molecule has 36 heavy (non-hydrogen) atoms. The number of rotatable bonds is 9. The molecule has 0 atom stereocenters. The van der Waals surface area contributed by atoms with E-state index in [1.165, 1.54) is 11.1 Å². The van der Waals surface area contributed by atoms with Gasteiger partial charge < -0.3 is 14.6 Å². The summed E-state index contributed by atoms with van der Waals surface area (Å²) in [6.45, 7) is 12.1. The zero-order valence-corrected chi connectivity index (χ0v) is 22.1. The van der Waals surface area contributed by atoms with Crippen LogP contribution in [0.25, 0.3) is 11.0 Å². The highest BCUT2D eigenvalue weighted by Gasteiger charge is 2.15. The van der Waals surface area contributed by atoms with Crippen LogP contribution in [0, 0.1) is 13.8 Å². The van der Waals surface area contributed by atoms with Crippen LogP contribution in [0.3, 0.4) is 0 Å². The number of aromatic nitrogens is 2. The molecule has 5 heteroatoms. The standard InChI is InChI=1S/C31H37N3O2/c1-22-12-13-23(2)28(19-22)36-21-30(35)32-18-8-11-29-33-26-9-6-7-10-27(26)34(29)20-24-14-16-25(17-15-24)31(3,4)5/h6-7,9-10,12-17,19H,8,11,18,20-21H2,1-5H3,(H,32,35). The van der Waals surface area contributed by atoms with Gasteiger partial charge in [0.05, 0.1) is 11.0 Å². The van der Waals surface area contributed by atoms with E-state index >= 15 is 0 Å². The molecule has 1 aromatic heterocycles. The second-order valence-corrected chi connectivity index (χ2v) is 10.6. The SMILES string of the molecule is Cc1ccc(C)c(OCC(=O)NCCCc2nc3ccccc3n2Cc2ccc(C(C)(C)C)cc2)c1. The maximum absolute atomic E-state index is 12.3. The molecular weight excluding hydrogens is 446 g/mol. The highest BCUT2D eigenvalue weighted by Crippen LogP contribution is 2.24. The fourth-order valence-corrected chi connectivity index (χ4v) is 4.32. The monoisotopic (exact) mass is 483 g/mol. The van der Waals surface area contributed by atoms with Gasteiger partial charge in [0.15, 0.2) is 6.61 Å². The lowest BCUT2D eigenvalue weighted by molar-refractivity contribution is -0.123. The molecule has 1 amide bonds. The minimum Gasteiger partial charge on any atom is -0.483 e. The molecule has 3 aromatic carbocycles. The molecule has 0 aliphatic rings. The summed E-state index contributed by atoms with van der Waals surface area (Å²) in [5.74, 6) is 1.69. The number of aryl methyl sites for hydroxylation is 3. The van der Waals surface area contributed by atoms with Gasteiger partial charge in [-0.25, -0.2) is 4.98 Å². The van der Waals surface area contributed by atoms with Crippen LogP contribution in [0.2, 0.25) is 0 Å². The van der Waals surface area contributed by atoms with Gasteiger partial charge in [-0.3, -0.25) is 4.79 Å². The Bertz CT molecular complexity index is 1330. The Balaban J connectivity index is 1.36. The lowest BCUT2D eigenvalue weighted by atomic mass is 9.87. The molecule has 188 valence electrons. The molecule has 0 aliphatic carbocycles. The van der Waals surface area contributed by atoms with Crippen molar-refractivity contribution >= 4 is 16.9 Å². The largest absolute Gasteiger partial charge is 0.483 e. The fourth-order valence-electron chi connectivity index (χ4n) is 4.32. The van der Waals surface area contributed by atoms with Crippen molar-refractivity contribution in [1.82, 2.24) is 14.9 Å². The zero-order valence-electron chi connectivity index (χ0n) is 22.1. The molecular formula is C31H37N3O2. The van der Waals surface area contributed by atoms with Crippen molar-refractivity contribution in [2.45, 2.75) is 59.4 Å². The summed E-state index contributed by atoms with van der Waals surface area (Å²) in [6, 6.07) is 23.2. The van der Waals surface area contributed by atoms with Crippen molar-refractivity contribution in [3.63, 3.8) is 0 Å². The molecule has 0 aliphatic heterocycles. The number of amides is 1. The van der Waals surface area contributed by atoms with Gasteiger partial charge in [-0.15, -0.1) is 0 Å². The molecule has 0 fully saturated rings. The number of carbonyl (C=O) groups is 1. The minimum atomic E-state index is -0.108. The molecule has 1 heterocycles. The van der Waals surface area contributed by atoms with Gasteiger partial charge in [0, 0.05) is 19.5 Å². The number of benzene rings is 3. The van der Waals surface area contributed by atoms with Crippen LogP contribution in [-0.4, -0.2) is 28.6 Å². The van der Waals surface area contributed by atoms with Crippen LogP contribution < -0.4 is 10.1 Å². The summed E-state index contributed by atoms with van der Waals surface area (Å²) < 4.78 is 8.02. The second kappa shape index (κ2) is 11.0. The molecule has 0 spiro atoms. The number of hydrogen-bond donors (Lipinski definition) is 1. The number of para-hydroxylation sites is 2. The van der Waals surface area contributed by atoms with Crippen LogP contribution in [0.15, 0.2) is 66.7 Å². The molecule has 0 radical (unpaired) electrons. The van der Waals surface area contributed by atoms with E-state index in [2.05, 4.69) is 73.1 Å². The first-order valence-electron chi connectivity index (χ1n) is 12.7. The average Bonchev–Trinajstić information content (AvgIpc) is 3.19. The highest BCUT2D eigenvalue weighted by atomic mass is 16.5. The summed E-state index contributed by atoms with van der Waals surface area (Å²) in [5, 5.41) is 2.98. The van der Waals surface area contributed by atoms with Crippen LogP contribution in [0.1, 0.15) is 55.3 Å². The molecule has 0 unspecified atom stereocenters. The van der Waals surface area contributed by atoms with Gasteiger partial charge in [0.1, 0.15) is 11.6 Å². The Morgan fingerprint density at radius 1 is 1.00 bits per heavy atom. The van der Waals surface area contributed by atoms with E-state index in [1.54, 1.807) is 0 Å². The Morgan fingerprint density at radius 2 is 1.75 bits per heavy atom. The van der Waals surface area contributed by atoms with Crippen LogP contribution >= 0.6 is 0 Å². The summed E-state index contributed by atoms with van der Waals surface area (Å²) in [6.07, 6.45) is 1.59. The number of imidazole rings is 1. The van der Waals surface area contributed by atoms with E-state index < -0.39 is 0 Å². The van der Waals surface area contributed by atoms with E-state index in [4.69, 9.17) is 9.72 Å². The molecule has 0 saturated heterocycles. The minimum absolute atomic E-state index is 0.0212. The van der Waals surface area contributed by atoms with E-state index in [0.29, 0.717) is 6.54 Å². The number of hydrogen-bond acceptors (Lipinski definition) is 3. The van der Waals surface area contributed by atoms with Crippen molar-refractivity contribution in [3.05, 3.63) is 94.8 Å². The number of nitrogens with one attached hydrogen (secondary N) is 1. The fraction of sp³-hybridized carbons (Fsp3) is 0.355. The van der Waals surface area contributed by atoms with E-state index in [1.807, 2.05) is 38.1 Å². The number of nitrogens with zero attached hydrogens (tertiary/aromatic N) is 2. The van der Waals surface area contributed by atoms with Crippen LogP contribution in [-0.2, 0) is 23.2 Å². The van der Waals surface area contributed by atoms with Crippen molar-refractivity contribution < 1.29 is 9.53 Å². The lowest BCUT2D eigenvalue weighted by Gasteiger charge is -2.19. The van der Waals surface area contributed by atoms with Gasteiger partial charge in [-0.1, -0.05) is 69.3 Å². The van der Waals surface area contributed by atoms with Gasteiger partial charge in [-0.05, 0) is 66.1 Å². The summed E-state index contributed by atoms with van der Waals surface area (Å²) in [7, 11) is 0. The van der Waals surface area contributed by atoms with Gasteiger partial charge >= 0.3 is 0 Å². The number of fused-ring (bicyclic) bond motifs is 1. The molecule has 1 N–H and O–H groups in total. The summed E-state index contributed by atoms with van der Waals surface area (Å²) in [5.41, 5.74) is 7.01. The summed E-state index contributed by atoms with van der Waals surface area (Å²) >= 11 is 0. The Labute approximate surface area is 214 Å². The zero-order chi connectivity index (χ0) is 25.7. The predicted molar refractivity (Wildman–Crippen MR) is 147 cm³/mol. The number of carbonyl (C=O) groups excluding carboxylic acids is 1. The quantitative estimate of drug-likeness (QED) is 0.292. The Kier molecular flexibility index (Phi) is 7.78. The van der Waals surface area contributed by atoms with Gasteiger partial charge in [0.2, 0.25) is 0 Å². The van der Waals surface area contributed by atoms with Gasteiger partial charge in [-0.2, -0.15) is 0 Å². The summed E-state index contributed by atoms with van der Waals surface area (Å²) in [4.78, 5) is 17.2. The van der Waals surface area contributed by atoms with Crippen molar-refractivity contribution in [1.29, 1.82) is 0 Å². The Morgan fingerprint density at radius 3 is 2.50 bits per heavy atom. The molecule has 4 aromatic rings. The van der Waals surface area contributed by atoms with Gasteiger partial charge in [0.25, 0.3) is 5.91 Å². The maximum Gasteiger partial charge on any atom is 0.257 e. The molecule has 0 bridgehead atoms. The number of ether oxygens (including phenoxy) is 1. The first kappa shape index (κ1) is 25.5. The van der Waals surface area contributed by atoms with Crippen molar-refractivity contribution in [3.8, 4) is 5.75 Å². The highest BCUT2D eigenvalue weighted by molar-refractivity contribution is 5.77. The van der Waals surface area contributed by atoms with E-state index in [-0.39, 0.29) is 17.9 Å². The lowest BCUT2D eigenvalue weighted by Crippen LogP contribution is -2.30. The maximum atomic E-state index is 12.3. The average molecular weight is 484 g/mol. The molecule has 4 rings (SSSR count). The second-order valence-electron chi connectivity index (χ2n) is 10.6. The smallest absolute Gasteiger partial charge is 0.257 e. The van der Waals surface area contributed by atoms with Crippen molar-refractivity contribution in [2.75, 3.05) is 13.2 Å². The normalized spacial score (nSPS) is 11.6. The Hall–Kier alpha value is -3.60. The first-order valence-corrected chi connectivity index (χ1v) is 12.7. The third-order valence-corrected chi connectivity index (χ3v) is 6.50. The van der Waals surface area contributed by atoms with Crippen LogP contribution in [0.4, 0.5) is 0 Å². The third-order valence-electron chi connectivity index (χ3n) is 6.50. The van der Waals surface area contributed by atoms with Crippen LogP contribution in [0.5, 0.6) is 5.75 Å². The third kappa shape index (κ3) is 6.34. The first-order chi connectivity index (χ1) is 17.2. The topological polar surface area (TPSA) is 56.1 Å². The molecule has 0 saturated carbocycles.